The predicted molar refractivity (Wildman–Crippen MR) is 99.4 cm³/mol. The van der Waals surface area contributed by atoms with Crippen LogP contribution in [0, 0.1) is 6.92 Å². The Labute approximate surface area is 158 Å². The topological polar surface area (TPSA) is 89.2 Å². The Kier molecular flexibility index (Phi) is 4.75. The molecule has 3 heterocycles. The molecule has 0 amide bonds. The number of benzene rings is 1. The van der Waals surface area contributed by atoms with Gasteiger partial charge in [-0.3, -0.25) is 4.98 Å². The van der Waals surface area contributed by atoms with E-state index in [1.807, 2.05) is 25.1 Å². The van der Waals surface area contributed by atoms with Crippen molar-refractivity contribution in [1.82, 2.24) is 19.5 Å². The molecule has 0 aliphatic carbocycles. The van der Waals surface area contributed by atoms with Gasteiger partial charge in [-0.15, -0.1) is 10.2 Å². The zero-order valence-electron chi connectivity index (χ0n) is 14.9. The highest BCUT2D eigenvalue weighted by molar-refractivity contribution is 7.89. The van der Waals surface area contributed by atoms with Gasteiger partial charge in [-0.1, -0.05) is 17.7 Å². The van der Waals surface area contributed by atoms with E-state index in [0.29, 0.717) is 29.8 Å². The number of aromatic nitrogens is 3. The van der Waals surface area contributed by atoms with Crippen LogP contribution in [0.3, 0.4) is 0 Å². The van der Waals surface area contributed by atoms with E-state index in [2.05, 4.69) is 15.2 Å². The minimum atomic E-state index is -3.53. The number of sulfonamides is 1. The summed E-state index contributed by atoms with van der Waals surface area (Å²) in [4.78, 5) is 4.37. The second-order valence-electron chi connectivity index (χ2n) is 6.70. The Bertz CT molecular complexity index is 1020. The maximum absolute atomic E-state index is 13.0. The van der Waals surface area contributed by atoms with E-state index in [1.165, 1.54) is 4.31 Å². The molecule has 1 fully saturated rings. The number of pyridine rings is 1. The van der Waals surface area contributed by atoms with Crippen molar-refractivity contribution in [2.75, 3.05) is 13.1 Å². The smallest absolute Gasteiger partial charge is 0.249 e. The van der Waals surface area contributed by atoms with Crippen LogP contribution in [0.5, 0.6) is 0 Å². The summed E-state index contributed by atoms with van der Waals surface area (Å²) in [6, 6.07) is 10.6. The van der Waals surface area contributed by atoms with Crippen LogP contribution in [0.2, 0.25) is 0 Å². The van der Waals surface area contributed by atoms with Gasteiger partial charge in [-0.05, 0) is 44.0 Å². The Hall–Kier alpha value is -2.58. The fourth-order valence-electron chi connectivity index (χ4n) is 3.23. The SMILES string of the molecule is Cc1ccc(S(=O)(=O)N2CCCC(c3nnc(-c4cccnc4)o3)C2)cc1. The van der Waals surface area contributed by atoms with Gasteiger partial charge in [-0.2, -0.15) is 4.31 Å². The minimum Gasteiger partial charge on any atom is -0.420 e. The molecule has 140 valence electrons. The van der Waals surface area contributed by atoms with Gasteiger partial charge in [-0.25, -0.2) is 8.42 Å². The van der Waals surface area contributed by atoms with E-state index >= 15 is 0 Å². The van der Waals surface area contributed by atoms with Crippen molar-refractivity contribution in [3.8, 4) is 11.5 Å². The lowest BCUT2D eigenvalue weighted by molar-refractivity contribution is 0.286. The van der Waals surface area contributed by atoms with Crippen LogP contribution < -0.4 is 0 Å². The first-order valence-electron chi connectivity index (χ1n) is 8.84. The van der Waals surface area contributed by atoms with Gasteiger partial charge in [0.1, 0.15) is 0 Å². The molecule has 1 unspecified atom stereocenters. The second-order valence-corrected chi connectivity index (χ2v) is 8.64. The highest BCUT2D eigenvalue weighted by Crippen LogP contribution is 2.31. The molecule has 0 spiro atoms. The number of rotatable bonds is 4. The van der Waals surface area contributed by atoms with Crippen molar-refractivity contribution < 1.29 is 12.8 Å². The molecule has 0 saturated carbocycles. The molecule has 7 nitrogen and oxygen atoms in total. The van der Waals surface area contributed by atoms with Crippen molar-refractivity contribution in [2.24, 2.45) is 0 Å². The zero-order chi connectivity index (χ0) is 18.9. The van der Waals surface area contributed by atoms with Crippen molar-refractivity contribution in [3.05, 3.63) is 60.2 Å². The van der Waals surface area contributed by atoms with Crippen molar-refractivity contribution >= 4 is 10.0 Å². The Morgan fingerprint density at radius 2 is 1.96 bits per heavy atom. The van der Waals surface area contributed by atoms with Gasteiger partial charge in [0, 0.05) is 25.5 Å². The van der Waals surface area contributed by atoms with Crippen molar-refractivity contribution in [2.45, 2.75) is 30.6 Å². The standard InChI is InChI=1S/C19H20N4O3S/c1-14-6-8-17(9-7-14)27(24,25)23-11-3-5-16(13-23)19-22-21-18(26-19)15-4-2-10-20-12-15/h2,4,6-10,12,16H,3,5,11,13H2,1H3. The summed E-state index contributed by atoms with van der Waals surface area (Å²) in [6.07, 6.45) is 4.90. The largest absolute Gasteiger partial charge is 0.420 e. The van der Waals surface area contributed by atoms with Crippen LogP contribution in [-0.4, -0.2) is 41.0 Å². The quantitative estimate of drug-likeness (QED) is 0.687. The van der Waals surface area contributed by atoms with Gasteiger partial charge in [0.25, 0.3) is 0 Å². The van der Waals surface area contributed by atoms with E-state index in [1.54, 1.807) is 30.6 Å². The first-order chi connectivity index (χ1) is 13.0. The maximum atomic E-state index is 13.0. The van der Waals surface area contributed by atoms with E-state index in [0.717, 1.165) is 24.0 Å². The molecule has 1 atom stereocenters. The van der Waals surface area contributed by atoms with Gasteiger partial charge in [0.05, 0.1) is 16.4 Å². The monoisotopic (exact) mass is 384 g/mol. The predicted octanol–water partition coefficient (Wildman–Crippen LogP) is 3.01. The van der Waals surface area contributed by atoms with Crippen LogP contribution in [0.1, 0.15) is 30.2 Å². The molecular weight excluding hydrogens is 364 g/mol. The van der Waals surface area contributed by atoms with Gasteiger partial charge >= 0.3 is 0 Å². The third-order valence-electron chi connectivity index (χ3n) is 4.74. The zero-order valence-corrected chi connectivity index (χ0v) is 15.8. The molecule has 1 aliphatic rings. The van der Waals surface area contributed by atoms with Crippen LogP contribution in [0.25, 0.3) is 11.5 Å². The summed E-state index contributed by atoms with van der Waals surface area (Å²) in [5, 5.41) is 8.24. The number of hydrogen-bond donors (Lipinski definition) is 0. The molecule has 1 aromatic carbocycles. The Morgan fingerprint density at radius 1 is 1.15 bits per heavy atom. The van der Waals surface area contributed by atoms with Gasteiger partial charge in [0.15, 0.2) is 0 Å². The van der Waals surface area contributed by atoms with Crippen molar-refractivity contribution in [3.63, 3.8) is 0 Å². The van der Waals surface area contributed by atoms with Crippen LogP contribution >= 0.6 is 0 Å². The summed E-state index contributed by atoms with van der Waals surface area (Å²) in [5.74, 6) is 0.756. The van der Waals surface area contributed by atoms with E-state index in [4.69, 9.17) is 4.42 Å². The molecule has 0 N–H and O–H groups in total. The number of piperidine rings is 1. The molecule has 8 heteroatoms. The van der Waals surface area contributed by atoms with Gasteiger partial charge < -0.3 is 4.42 Å². The second kappa shape index (κ2) is 7.21. The maximum Gasteiger partial charge on any atom is 0.249 e. The van der Waals surface area contributed by atoms with E-state index in [-0.39, 0.29) is 5.92 Å². The fourth-order valence-corrected chi connectivity index (χ4v) is 4.75. The summed E-state index contributed by atoms with van der Waals surface area (Å²) in [7, 11) is -3.53. The summed E-state index contributed by atoms with van der Waals surface area (Å²) in [5.41, 5.74) is 1.77. The number of hydrogen-bond acceptors (Lipinski definition) is 6. The normalized spacial score (nSPS) is 18.5. The molecule has 27 heavy (non-hydrogen) atoms. The molecule has 3 aromatic rings. The summed E-state index contributed by atoms with van der Waals surface area (Å²) >= 11 is 0. The molecule has 1 aliphatic heterocycles. The molecule has 0 bridgehead atoms. The van der Waals surface area contributed by atoms with E-state index in [9.17, 15) is 8.42 Å². The lowest BCUT2D eigenvalue weighted by Gasteiger charge is -2.30. The first kappa shape index (κ1) is 17.8. The van der Waals surface area contributed by atoms with Crippen LogP contribution in [0.4, 0.5) is 0 Å². The molecular formula is C19H20N4O3S. The summed E-state index contributed by atoms with van der Waals surface area (Å²) in [6.45, 7) is 2.77. The lowest BCUT2D eigenvalue weighted by atomic mass is 10.00. The third kappa shape index (κ3) is 3.63. The molecule has 4 rings (SSSR count). The lowest BCUT2D eigenvalue weighted by Crippen LogP contribution is -2.39. The third-order valence-corrected chi connectivity index (χ3v) is 6.62. The Balaban J connectivity index is 1.55. The first-order valence-corrected chi connectivity index (χ1v) is 10.3. The average molecular weight is 384 g/mol. The Morgan fingerprint density at radius 3 is 2.70 bits per heavy atom. The average Bonchev–Trinajstić information content (AvgIpc) is 3.19. The highest BCUT2D eigenvalue weighted by Gasteiger charge is 2.33. The number of aryl methyl sites for hydroxylation is 1. The summed E-state index contributed by atoms with van der Waals surface area (Å²) < 4.78 is 33.2. The van der Waals surface area contributed by atoms with Crippen molar-refractivity contribution in [1.29, 1.82) is 0 Å². The van der Waals surface area contributed by atoms with Gasteiger partial charge in [0.2, 0.25) is 21.8 Å². The molecule has 0 radical (unpaired) electrons. The number of nitrogens with zero attached hydrogens (tertiary/aromatic N) is 4. The minimum absolute atomic E-state index is 0.114. The van der Waals surface area contributed by atoms with Crippen LogP contribution in [0.15, 0.2) is 58.1 Å². The van der Waals surface area contributed by atoms with Crippen LogP contribution in [-0.2, 0) is 10.0 Å². The molecule has 1 saturated heterocycles. The molecule has 2 aromatic heterocycles. The van der Waals surface area contributed by atoms with E-state index < -0.39 is 10.0 Å². The highest BCUT2D eigenvalue weighted by atomic mass is 32.2. The fraction of sp³-hybridized carbons (Fsp3) is 0.316.